The Kier molecular flexibility index (Phi) is 4.23. The second kappa shape index (κ2) is 6.67. The zero-order valence-electron chi connectivity index (χ0n) is 13.5. The van der Waals surface area contributed by atoms with Gasteiger partial charge in [0.05, 0.1) is 11.4 Å². The maximum Gasteiger partial charge on any atom is 0.224 e. The molecule has 0 radical (unpaired) electrons. The number of hydrogen-bond donors (Lipinski definition) is 3. The fourth-order valence-electron chi connectivity index (χ4n) is 3.23. The molecule has 2 aliphatic rings. The Hall–Kier alpha value is -2.31. The minimum absolute atomic E-state index is 0.0874. The molecule has 1 amide bonds. The number of aromatic nitrogens is 2. The topological polar surface area (TPSA) is 78.9 Å². The maximum atomic E-state index is 11.4. The number of rotatable bonds is 4. The van der Waals surface area contributed by atoms with Crippen molar-refractivity contribution in [1.29, 1.82) is 0 Å². The second-order valence-electron chi connectivity index (χ2n) is 6.40. The first-order chi connectivity index (χ1) is 11.8. The van der Waals surface area contributed by atoms with Crippen LogP contribution in [0.15, 0.2) is 30.3 Å². The molecule has 2 aliphatic heterocycles. The van der Waals surface area contributed by atoms with Gasteiger partial charge in [-0.05, 0) is 49.2 Å². The SMILES string of the molecule is O=C1CCc2cc(-c3ccc(CNC4CCNC4)nn3)ccc2N1. The Labute approximate surface area is 141 Å². The molecule has 6 heteroatoms. The van der Waals surface area contributed by atoms with Gasteiger partial charge in [-0.2, -0.15) is 10.2 Å². The van der Waals surface area contributed by atoms with E-state index >= 15 is 0 Å². The van der Waals surface area contributed by atoms with Gasteiger partial charge in [0.15, 0.2) is 0 Å². The number of aryl methyl sites for hydroxylation is 1. The normalized spacial score (nSPS) is 19.8. The van der Waals surface area contributed by atoms with E-state index in [1.54, 1.807) is 0 Å². The summed E-state index contributed by atoms with van der Waals surface area (Å²) in [6.45, 7) is 2.86. The summed E-state index contributed by atoms with van der Waals surface area (Å²) in [7, 11) is 0. The van der Waals surface area contributed by atoms with E-state index in [9.17, 15) is 4.79 Å². The summed E-state index contributed by atoms with van der Waals surface area (Å²) in [4.78, 5) is 11.4. The Morgan fingerprint density at radius 2 is 2.12 bits per heavy atom. The van der Waals surface area contributed by atoms with E-state index in [0.29, 0.717) is 12.5 Å². The molecule has 3 N–H and O–H groups in total. The lowest BCUT2D eigenvalue weighted by Gasteiger charge is -2.17. The quantitative estimate of drug-likeness (QED) is 0.794. The molecular weight excluding hydrogens is 302 g/mol. The summed E-state index contributed by atoms with van der Waals surface area (Å²) in [5.74, 6) is 0.0874. The molecule has 0 aliphatic carbocycles. The second-order valence-corrected chi connectivity index (χ2v) is 6.40. The average Bonchev–Trinajstić information content (AvgIpc) is 3.13. The lowest BCUT2D eigenvalue weighted by molar-refractivity contribution is -0.116. The minimum Gasteiger partial charge on any atom is -0.326 e. The number of amides is 1. The van der Waals surface area contributed by atoms with Crippen LogP contribution in [0.2, 0.25) is 0 Å². The van der Waals surface area contributed by atoms with E-state index in [-0.39, 0.29) is 5.91 Å². The van der Waals surface area contributed by atoms with Gasteiger partial charge in [0.2, 0.25) is 5.91 Å². The van der Waals surface area contributed by atoms with E-state index < -0.39 is 0 Å². The van der Waals surface area contributed by atoms with Crippen LogP contribution in [0.1, 0.15) is 24.1 Å². The first-order valence-corrected chi connectivity index (χ1v) is 8.48. The van der Waals surface area contributed by atoms with Crippen molar-refractivity contribution in [2.24, 2.45) is 0 Å². The average molecular weight is 323 g/mol. The Morgan fingerprint density at radius 3 is 2.92 bits per heavy atom. The van der Waals surface area contributed by atoms with Crippen LogP contribution < -0.4 is 16.0 Å². The fraction of sp³-hybridized carbons (Fsp3) is 0.389. The van der Waals surface area contributed by atoms with Gasteiger partial charge in [0.25, 0.3) is 0 Å². The third-order valence-corrected chi connectivity index (χ3v) is 4.65. The van der Waals surface area contributed by atoms with Crippen molar-refractivity contribution in [2.75, 3.05) is 18.4 Å². The first kappa shape index (κ1) is 15.2. The van der Waals surface area contributed by atoms with Crippen molar-refractivity contribution in [1.82, 2.24) is 20.8 Å². The highest BCUT2D eigenvalue weighted by Crippen LogP contribution is 2.27. The van der Waals surface area contributed by atoms with Gasteiger partial charge in [-0.25, -0.2) is 0 Å². The molecule has 1 unspecified atom stereocenters. The van der Waals surface area contributed by atoms with Crippen molar-refractivity contribution in [3.63, 3.8) is 0 Å². The Balaban J connectivity index is 1.45. The molecule has 0 saturated carbocycles. The highest BCUT2D eigenvalue weighted by Gasteiger charge is 2.16. The van der Waals surface area contributed by atoms with Crippen LogP contribution >= 0.6 is 0 Å². The highest BCUT2D eigenvalue weighted by molar-refractivity contribution is 5.94. The molecule has 0 spiro atoms. The fourth-order valence-corrected chi connectivity index (χ4v) is 3.23. The molecule has 1 saturated heterocycles. The predicted octanol–water partition coefficient (Wildman–Crippen LogP) is 1.48. The molecule has 3 heterocycles. The van der Waals surface area contributed by atoms with Gasteiger partial charge in [0.1, 0.15) is 0 Å². The van der Waals surface area contributed by atoms with E-state index in [1.165, 1.54) is 0 Å². The zero-order chi connectivity index (χ0) is 16.4. The summed E-state index contributed by atoms with van der Waals surface area (Å²) in [5, 5.41) is 18.4. The maximum absolute atomic E-state index is 11.4. The molecule has 1 atom stereocenters. The Bertz CT molecular complexity index is 738. The molecule has 1 fully saturated rings. The molecule has 24 heavy (non-hydrogen) atoms. The first-order valence-electron chi connectivity index (χ1n) is 8.48. The van der Waals surface area contributed by atoms with Crippen LogP contribution in [0.4, 0.5) is 5.69 Å². The molecule has 1 aromatic carbocycles. The number of benzene rings is 1. The predicted molar refractivity (Wildman–Crippen MR) is 92.5 cm³/mol. The number of nitrogens with zero attached hydrogens (tertiary/aromatic N) is 2. The molecular formula is C18H21N5O. The number of carbonyl (C=O) groups is 1. The van der Waals surface area contributed by atoms with Gasteiger partial charge in [-0.1, -0.05) is 6.07 Å². The number of anilines is 1. The van der Waals surface area contributed by atoms with Crippen molar-refractivity contribution >= 4 is 11.6 Å². The minimum atomic E-state index is 0.0874. The van der Waals surface area contributed by atoms with Crippen LogP contribution in [-0.2, 0) is 17.8 Å². The molecule has 124 valence electrons. The van der Waals surface area contributed by atoms with Gasteiger partial charge < -0.3 is 16.0 Å². The van der Waals surface area contributed by atoms with E-state index in [4.69, 9.17) is 0 Å². The monoisotopic (exact) mass is 323 g/mol. The third-order valence-electron chi connectivity index (χ3n) is 4.65. The van der Waals surface area contributed by atoms with E-state index in [0.717, 1.165) is 60.7 Å². The van der Waals surface area contributed by atoms with Gasteiger partial charge in [-0.3, -0.25) is 4.79 Å². The van der Waals surface area contributed by atoms with Crippen LogP contribution in [0.25, 0.3) is 11.3 Å². The third kappa shape index (κ3) is 3.29. The summed E-state index contributed by atoms with van der Waals surface area (Å²) >= 11 is 0. The van der Waals surface area contributed by atoms with Crippen LogP contribution in [0.3, 0.4) is 0 Å². The molecule has 1 aromatic heterocycles. The van der Waals surface area contributed by atoms with Crippen molar-refractivity contribution in [3.05, 3.63) is 41.6 Å². The van der Waals surface area contributed by atoms with Gasteiger partial charge in [-0.15, -0.1) is 0 Å². The van der Waals surface area contributed by atoms with E-state index in [2.05, 4.69) is 32.2 Å². The smallest absolute Gasteiger partial charge is 0.224 e. The zero-order valence-corrected chi connectivity index (χ0v) is 13.5. The van der Waals surface area contributed by atoms with Crippen LogP contribution in [0, 0.1) is 0 Å². The number of carbonyl (C=O) groups excluding carboxylic acids is 1. The molecule has 6 nitrogen and oxygen atoms in total. The number of hydrogen-bond acceptors (Lipinski definition) is 5. The van der Waals surface area contributed by atoms with Crippen LogP contribution in [-0.4, -0.2) is 35.2 Å². The summed E-state index contributed by atoms with van der Waals surface area (Å²) in [6, 6.07) is 10.6. The summed E-state index contributed by atoms with van der Waals surface area (Å²) in [5.41, 5.74) is 4.93. The lowest BCUT2D eigenvalue weighted by atomic mass is 9.99. The summed E-state index contributed by atoms with van der Waals surface area (Å²) < 4.78 is 0. The standard InChI is InChI=1S/C18H21N5O/c24-18-6-2-12-9-13(1-4-16(12)21-18)17-5-3-15(22-23-17)11-20-14-7-8-19-10-14/h1,3-5,9,14,19-20H,2,6-8,10-11H2,(H,21,24). The van der Waals surface area contributed by atoms with E-state index in [1.807, 2.05) is 24.3 Å². The van der Waals surface area contributed by atoms with Gasteiger partial charge >= 0.3 is 0 Å². The lowest BCUT2D eigenvalue weighted by Crippen LogP contribution is -2.30. The molecule has 2 aromatic rings. The number of fused-ring (bicyclic) bond motifs is 1. The molecule has 0 bridgehead atoms. The van der Waals surface area contributed by atoms with Crippen molar-refractivity contribution < 1.29 is 4.79 Å². The molecule has 4 rings (SSSR count). The number of nitrogens with one attached hydrogen (secondary N) is 3. The van der Waals surface area contributed by atoms with Crippen molar-refractivity contribution in [3.8, 4) is 11.3 Å². The highest BCUT2D eigenvalue weighted by atomic mass is 16.1. The van der Waals surface area contributed by atoms with Gasteiger partial charge in [0, 0.05) is 36.8 Å². The van der Waals surface area contributed by atoms with Crippen molar-refractivity contribution in [2.45, 2.75) is 31.8 Å². The Morgan fingerprint density at radius 1 is 1.17 bits per heavy atom. The summed E-state index contributed by atoms with van der Waals surface area (Å²) in [6.07, 6.45) is 2.49. The largest absolute Gasteiger partial charge is 0.326 e. The van der Waals surface area contributed by atoms with Crippen LogP contribution in [0.5, 0.6) is 0 Å².